The molecule has 2 amide bonds. The third kappa shape index (κ3) is 5.46. The standard InChI is InChI=1S/C19H25ClN2O4/c1-13(2)17(21-18(24)14-8-4-5-9-15(14)20)19(25)26-12-16(23)22-10-6-3-7-11-22/h4-5,8-9,13,17H,3,6-7,10-12H2,1-2H3,(H,21,24). The lowest BCUT2D eigenvalue weighted by atomic mass is 10.0. The Labute approximate surface area is 158 Å². The molecule has 142 valence electrons. The molecule has 7 heteroatoms. The number of nitrogens with zero attached hydrogens (tertiary/aromatic N) is 1. The van der Waals surface area contributed by atoms with Gasteiger partial charge >= 0.3 is 5.97 Å². The monoisotopic (exact) mass is 380 g/mol. The minimum atomic E-state index is -0.854. The number of nitrogens with one attached hydrogen (secondary N) is 1. The first-order chi connectivity index (χ1) is 12.4. The van der Waals surface area contributed by atoms with Crippen LogP contribution in [-0.2, 0) is 14.3 Å². The van der Waals surface area contributed by atoms with Gasteiger partial charge in [0.15, 0.2) is 6.61 Å². The van der Waals surface area contributed by atoms with E-state index in [0.717, 1.165) is 19.3 Å². The number of amides is 2. The van der Waals surface area contributed by atoms with Crippen molar-refractivity contribution in [2.24, 2.45) is 5.92 Å². The topological polar surface area (TPSA) is 75.7 Å². The fourth-order valence-electron chi connectivity index (χ4n) is 2.82. The molecule has 0 bridgehead atoms. The van der Waals surface area contributed by atoms with Gasteiger partial charge < -0.3 is 15.0 Å². The van der Waals surface area contributed by atoms with Crippen LogP contribution in [0, 0.1) is 5.92 Å². The number of hydrogen-bond acceptors (Lipinski definition) is 4. The molecule has 1 unspecified atom stereocenters. The second-order valence-corrected chi connectivity index (χ2v) is 7.13. The van der Waals surface area contributed by atoms with Crippen molar-refractivity contribution in [1.82, 2.24) is 10.2 Å². The van der Waals surface area contributed by atoms with Crippen molar-refractivity contribution >= 4 is 29.4 Å². The molecule has 0 saturated carbocycles. The average Bonchev–Trinajstić information content (AvgIpc) is 2.64. The summed E-state index contributed by atoms with van der Waals surface area (Å²) in [4.78, 5) is 38.6. The van der Waals surface area contributed by atoms with Gasteiger partial charge in [0.1, 0.15) is 6.04 Å². The van der Waals surface area contributed by atoms with Crippen LogP contribution in [0.5, 0.6) is 0 Å². The smallest absolute Gasteiger partial charge is 0.329 e. The van der Waals surface area contributed by atoms with Crippen molar-refractivity contribution in [2.45, 2.75) is 39.2 Å². The largest absolute Gasteiger partial charge is 0.454 e. The molecule has 1 fully saturated rings. The Bertz CT molecular complexity index is 657. The number of likely N-dealkylation sites (tertiary alicyclic amines) is 1. The van der Waals surface area contributed by atoms with E-state index < -0.39 is 17.9 Å². The Balaban J connectivity index is 1.93. The summed E-state index contributed by atoms with van der Waals surface area (Å²) < 4.78 is 5.17. The molecule has 1 aliphatic heterocycles. The van der Waals surface area contributed by atoms with E-state index in [1.54, 1.807) is 43.0 Å². The van der Waals surface area contributed by atoms with Crippen molar-refractivity contribution in [3.05, 3.63) is 34.9 Å². The molecule has 1 aliphatic rings. The van der Waals surface area contributed by atoms with Gasteiger partial charge in [0.05, 0.1) is 10.6 Å². The molecule has 1 saturated heterocycles. The number of ether oxygens (including phenoxy) is 1. The van der Waals surface area contributed by atoms with Crippen molar-refractivity contribution in [2.75, 3.05) is 19.7 Å². The first-order valence-corrected chi connectivity index (χ1v) is 9.27. The third-order valence-electron chi connectivity index (χ3n) is 4.37. The number of piperidine rings is 1. The minimum Gasteiger partial charge on any atom is -0.454 e. The molecule has 1 aromatic carbocycles. The number of hydrogen-bond donors (Lipinski definition) is 1. The maximum atomic E-state index is 12.4. The summed E-state index contributed by atoms with van der Waals surface area (Å²) in [5, 5.41) is 2.96. The van der Waals surface area contributed by atoms with Crippen LogP contribution in [0.25, 0.3) is 0 Å². The summed E-state index contributed by atoms with van der Waals surface area (Å²) in [5.74, 6) is -1.46. The summed E-state index contributed by atoms with van der Waals surface area (Å²) in [6, 6.07) is 5.75. The van der Waals surface area contributed by atoms with Gasteiger partial charge in [-0.05, 0) is 37.3 Å². The van der Waals surface area contributed by atoms with E-state index in [1.807, 2.05) is 0 Å². The van der Waals surface area contributed by atoms with Crippen molar-refractivity contribution in [3.63, 3.8) is 0 Å². The highest BCUT2D eigenvalue weighted by atomic mass is 35.5. The van der Waals surface area contributed by atoms with Crippen molar-refractivity contribution in [1.29, 1.82) is 0 Å². The van der Waals surface area contributed by atoms with Crippen LogP contribution in [0.4, 0.5) is 0 Å². The van der Waals surface area contributed by atoms with E-state index in [2.05, 4.69) is 5.32 Å². The molecule has 6 nitrogen and oxygen atoms in total. The highest BCUT2D eigenvalue weighted by molar-refractivity contribution is 6.33. The highest BCUT2D eigenvalue weighted by Crippen LogP contribution is 2.16. The second-order valence-electron chi connectivity index (χ2n) is 6.72. The molecule has 0 radical (unpaired) electrons. The van der Waals surface area contributed by atoms with E-state index >= 15 is 0 Å². The van der Waals surface area contributed by atoms with E-state index in [1.165, 1.54) is 0 Å². The van der Waals surface area contributed by atoms with Crippen LogP contribution < -0.4 is 5.32 Å². The summed E-state index contributed by atoms with van der Waals surface area (Å²) >= 11 is 6.02. The second kappa shape index (κ2) is 9.57. The molecule has 0 aromatic heterocycles. The Kier molecular flexibility index (Phi) is 7.45. The molecular formula is C19H25ClN2O4. The van der Waals surface area contributed by atoms with Crippen LogP contribution in [0.3, 0.4) is 0 Å². The Hall–Kier alpha value is -2.08. The number of halogens is 1. The number of carbonyl (C=O) groups is 3. The van der Waals surface area contributed by atoms with E-state index in [0.29, 0.717) is 18.1 Å². The number of benzene rings is 1. The van der Waals surface area contributed by atoms with Crippen molar-refractivity contribution in [3.8, 4) is 0 Å². The first-order valence-electron chi connectivity index (χ1n) is 8.90. The Morgan fingerprint density at radius 2 is 1.81 bits per heavy atom. The van der Waals surface area contributed by atoms with Crippen LogP contribution in [0.15, 0.2) is 24.3 Å². The number of esters is 1. The lowest BCUT2D eigenvalue weighted by Crippen LogP contribution is -2.46. The summed E-state index contributed by atoms with van der Waals surface area (Å²) in [6.07, 6.45) is 3.07. The average molecular weight is 381 g/mol. The fraction of sp³-hybridized carbons (Fsp3) is 0.526. The van der Waals surface area contributed by atoms with Gasteiger partial charge in [-0.15, -0.1) is 0 Å². The molecule has 1 atom stereocenters. The third-order valence-corrected chi connectivity index (χ3v) is 4.70. The molecule has 1 aromatic rings. The number of rotatable bonds is 6. The zero-order valence-electron chi connectivity index (χ0n) is 15.2. The predicted molar refractivity (Wildman–Crippen MR) is 98.9 cm³/mol. The maximum Gasteiger partial charge on any atom is 0.329 e. The molecule has 0 spiro atoms. The normalized spacial score (nSPS) is 15.5. The van der Waals surface area contributed by atoms with Gasteiger partial charge in [0, 0.05) is 13.1 Å². The van der Waals surface area contributed by atoms with E-state index in [-0.39, 0.29) is 24.0 Å². The summed E-state index contributed by atoms with van der Waals surface area (Å²) in [7, 11) is 0. The highest BCUT2D eigenvalue weighted by Gasteiger charge is 2.28. The first kappa shape index (κ1) is 20.2. The van der Waals surface area contributed by atoms with Gasteiger partial charge in [-0.25, -0.2) is 4.79 Å². The number of carbonyl (C=O) groups excluding carboxylic acids is 3. The maximum absolute atomic E-state index is 12.4. The van der Waals surface area contributed by atoms with Crippen LogP contribution in [0.2, 0.25) is 5.02 Å². The SMILES string of the molecule is CC(C)C(NC(=O)c1ccccc1Cl)C(=O)OCC(=O)N1CCCCC1. The van der Waals surface area contributed by atoms with Crippen LogP contribution in [-0.4, -0.2) is 48.4 Å². The summed E-state index contributed by atoms with van der Waals surface area (Å²) in [6.45, 7) is 4.70. The Morgan fingerprint density at radius 3 is 2.42 bits per heavy atom. The quantitative estimate of drug-likeness (QED) is 0.770. The van der Waals surface area contributed by atoms with Gasteiger partial charge in [-0.1, -0.05) is 37.6 Å². The fourth-order valence-corrected chi connectivity index (χ4v) is 3.04. The molecule has 0 aliphatic carbocycles. The molecule has 2 rings (SSSR count). The molecular weight excluding hydrogens is 356 g/mol. The minimum absolute atomic E-state index is 0.195. The Morgan fingerprint density at radius 1 is 1.15 bits per heavy atom. The van der Waals surface area contributed by atoms with Crippen molar-refractivity contribution < 1.29 is 19.1 Å². The molecule has 26 heavy (non-hydrogen) atoms. The van der Waals surface area contributed by atoms with Gasteiger partial charge in [0.2, 0.25) is 0 Å². The predicted octanol–water partition coefficient (Wildman–Crippen LogP) is 2.65. The van der Waals surface area contributed by atoms with E-state index in [9.17, 15) is 14.4 Å². The van der Waals surface area contributed by atoms with Gasteiger partial charge in [-0.2, -0.15) is 0 Å². The lowest BCUT2D eigenvalue weighted by Gasteiger charge is -2.27. The molecule has 1 N–H and O–H groups in total. The molecule has 1 heterocycles. The van der Waals surface area contributed by atoms with E-state index in [4.69, 9.17) is 16.3 Å². The van der Waals surface area contributed by atoms with Gasteiger partial charge in [-0.3, -0.25) is 9.59 Å². The lowest BCUT2D eigenvalue weighted by molar-refractivity contribution is -0.154. The zero-order chi connectivity index (χ0) is 19.1. The van der Waals surface area contributed by atoms with Crippen LogP contribution in [0.1, 0.15) is 43.5 Å². The summed E-state index contributed by atoms with van der Waals surface area (Å²) in [5.41, 5.74) is 0.289. The van der Waals surface area contributed by atoms with Crippen LogP contribution >= 0.6 is 11.6 Å². The van der Waals surface area contributed by atoms with Gasteiger partial charge in [0.25, 0.3) is 11.8 Å². The zero-order valence-corrected chi connectivity index (χ0v) is 15.9.